The zero-order chi connectivity index (χ0) is 18.5. The lowest BCUT2D eigenvalue weighted by molar-refractivity contribution is -0.121. The van der Waals surface area contributed by atoms with E-state index in [2.05, 4.69) is 5.32 Å². The number of alkyl halides is 3. The summed E-state index contributed by atoms with van der Waals surface area (Å²) >= 11 is 0. The number of hydrogen-bond donors (Lipinski definition) is 2. The third-order valence-electron chi connectivity index (χ3n) is 2.84. The molecule has 6 nitrogen and oxygen atoms in total. The molecule has 0 aliphatic carbocycles. The van der Waals surface area contributed by atoms with E-state index in [1.165, 1.54) is 35.3 Å². The van der Waals surface area contributed by atoms with Crippen LogP contribution in [0.4, 0.5) is 18.9 Å². The lowest BCUT2D eigenvalue weighted by Gasteiger charge is -2.10. The van der Waals surface area contributed by atoms with Gasteiger partial charge in [0, 0.05) is 11.8 Å². The first-order chi connectivity index (χ1) is 11.7. The monoisotopic (exact) mass is 374 g/mol. The molecule has 0 atom stereocenters. The molecule has 2 rings (SSSR count). The molecule has 0 saturated heterocycles. The maximum atomic E-state index is 12.1. The van der Waals surface area contributed by atoms with Crippen LogP contribution in [0, 0.1) is 0 Å². The standard InChI is InChI=1S/C15H13F3N2O4S/c16-15(17,18)10-19-25(22,23)13-6-3-11(4-7-13)20-14(21)8-5-12-2-1-9-24-12/h1-9,19H,10H2,(H,20,21)/b8-5+. The molecule has 0 saturated carbocycles. The molecule has 1 amide bonds. The van der Waals surface area contributed by atoms with Crippen LogP contribution in [-0.2, 0) is 14.8 Å². The van der Waals surface area contributed by atoms with Gasteiger partial charge in [-0.3, -0.25) is 4.79 Å². The molecular formula is C15H13F3N2O4S. The summed E-state index contributed by atoms with van der Waals surface area (Å²) in [5.41, 5.74) is 0.281. The number of hydrogen-bond acceptors (Lipinski definition) is 4. The van der Waals surface area contributed by atoms with Crippen molar-refractivity contribution in [3.05, 3.63) is 54.5 Å². The lowest BCUT2D eigenvalue weighted by Crippen LogP contribution is -2.33. The minimum Gasteiger partial charge on any atom is -0.465 e. The van der Waals surface area contributed by atoms with E-state index in [-0.39, 0.29) is 10.6 Å². The van der Waals surface area contributed by atoms with Crippen LogP contribution in [0.3, 0.4) is 0 Å². The summed E-state index contributed by atoms with van der Waals surface area (Å²) in [6.45, 7) is -1.66. The maximum absolute atomic E-state index is 12.1. The number of anilines is 1. The Balaban J connectivity index is 1.98. The minimum absolute atomic E-state index is 0.281. The first kappa shape index (κ1) is 18.7. The highest BCUT2D eigenvalue weighted by atomic mass is 32.2. The third-order valence-corrected chi connectivity index (χ3v) is 4.25. The van der Waals surface area contributed by atoms with Gasteiger partial charge in [0.25, 0.3) is 0 Å². The van der Waals surface area contributed by atoms with E-state index >= 15 is 0 Å². The predicted molar refractivity (Wildman–Crippen MR) is 84.1 cm³/mol. The number of nitrogens with one attached hydrogen (secondary N) is 2. The largest absolute Gasteiger partial charge is 0.465 e. The van der Waals surface area contributed by atoms with Crippen molar-refractivity contribution < 1.29 is 30.8 Å². The quantitative estimate of drug-likeness (QED) is 0.761. The van der Waals surface area contributed by atoms with Gasteiger partial charge in [0.1, 0.15) is 12.3 Å². The van der Waals surface area contributed by atoms with Gasteiger partial charge in [-0.05, 0) is 42.5 Å². The Morgan fingerprint density at radius 3 is 2.40 bits per heavy atom. The number of benzene rings is 1. The second-order valence-corrected chi connectivity index (χ2v) is 6.57. The number of sulfonamides is 1. The van der Waals surface area contributed by atoms with Crippen LogP contribution in [-0.4, -0.2) is 27.0 Å². The van der Waals surface area contributed by atoms with E-state index < -0.39 is 28.7 Å². The third kappa shape index (κ3) is 6.08. The second kappa shape index (κ2) is 7.53. The molecule has 2 aromatic rings. The van der Waals surface area contributed by atoms with Gasteiger partial charge < -0.3 is 9.73 Å². The summed E-state index contributed by atoms with van der Waals surface area (Å²) in [5.74, 6) is -0.00506. The molecule has 0 unspecified atom stereocenters. The fourth-order valence-corrected chi connectivity index (χ4v) is 2.72. The molecule has 25 heavy (non-hydrogen) atoms. The fraction of sp³-hybridized carbons (Fsp3) is 0.133. The molecule has 134 valence electrons. The highest BCUT2D eigenvalue weighted by Crippen LogP contribution is 2.17. The maximum Gasteiger partial charge on any atom is 0.402 e. The Morgan fingerprint density at radius 1 is 1.16 bits per heavy atom. The van der Waals surface area contributed by atoms with Gasteiger partial charge in [0.2, 0.25) is 15.9 Å². The molecule has 0 spiro atoms. The van der Waals surface area contributed by atoms with Crippen molar-refractivity contribution in [1.29, 1.82) is 0 Å². The van der Waals surface area contributed by atoms with Gasteiger partial charge >= 0.3 is 6.18 Å². The first-order valence-electron chi connectivity index (χ1n) is 6.85. The molecule has 1 aromatic carbocycles. The van der Waals surface area contributed by atoms with Crippen LogP contribution >= 0.6 is 0 Å². The highest BCUT2D eigenvalue weighted by Gasteiger charge is 2.29. The van der Waals surface area contributed by atoms with Gasteiger partial charge in [0.15, 0.2) is 0 Å². The van der Waals surface area contributed by atoms with Crippen LogP contribution < -0.4 is 10.0 Å². The van der Waals surface area contributed by atoms with Gasteiger partial charge in [-0.2, -0.15) is 13.2 Å². The molecule has 0 aliphatic heterocycles. The molecule has 1 aromatic heterocycles. The molecule has 10 heteroatoms. The topological polar surface area (TPSA) is 88.4 Å². The summed E-state index contributed by atoms with van der Waals surface area (Å²) in [4.78, 5) is 11.4. The number of furan rings is 1. The number of halogens is 3. The smallest absolute Gasteiger partial charge is 0.402 e. The van der Waals surface area contributed by atoms with Crippen LogP contribution in [0.5, 0.6) is 0 Å². The number of carbonyl (C=O) groups excluding carboxylic acids is 1. The van der Waals surface area contributed by atoms with E-state index in [4.69, 9.17) is 4.42 Å². The van der Waals surface area contributed by atoms with Crippen molar-refractivity contribution >= 4 is 27.7 Å². The summed E-state index contributed by atoms with van der Waals surface area (Å²) in [5, 5.41) is 2.48. The van der Waals surface area contributed by atoms with E-state index in [1.807, 2.05) is 0 Å². The van der Waals surface area contributed by atoms with Gasteiger partial charge in [-0.15, -0.1) is 0 Å². The SMILES string of the molecule is O=C(/C=C/c1ccco1)Nc1ccc(S(=O)(=O)NCC(F)(F)F)cc1. The van der Waals surface area contributed by atoms with Crippen molar-refractivity contribution in [3.8, 4) is 0 Å². The van der Waals surface area contributed by atoms with Crippen molar-refractivity contribution in [1.82, 2.24) is 4.72 Å². The zero-order valence-corrected chi connectivity index (χ0v) is 13.4. The average molecular weight is 374 g/mol. The Bertz CT molecular complexity index is 842. The second-order valence-electron chi connectivity index (χ2n) is 4.80. The number of amides is 1. The van der Waals surface area contributed by atoms with Crippen LogP contribution in [0.1, 0.15) is 5.76 Å². The highest BCUT2D eigenvalue weighted by molar-refractivity contribution is 7.89. The molecule has 2 N–H and O–H groups in total. The summed E-state index contributed by atoms with van der Waals surface area (Å²) in [6, 6.07) is 8.01. The molecule has 0 bridgehead atoms. The number of rotatable bonds is 6. The predicted octanol–water partition coefficient (Wildman–Crippen LogP) is 2.77. The zero-order valence-electron chi connectivity index (χ0n) is 12.6. The summed E-state index contributed by atoms with van der Waals surface area (Å²) < 4.78 is 66.2. The Hall–Kier alpha value is -2.59. The molecule has 1 heterocycles. The van der Waals surface area contributed by atoms with Crippen molar-refractivity contribution in [3.63, 3.8) is 0 Å². The van der Waals surface area contributed by atoms with E-state index in [0.29, 0.717) is 5.76 Å². The van der Waals surface area contributed by atoms with Crippen LogP contribution in [0.2, 0.25) is 0 Å². The van der Waals surface area contributed by atoms with E-state index in [0.717, 1.165) is 12.1 Å². The molecule has 0 aliphatic rings. The first-order valence-corrected chi connectivity index (χ1v) is 8.33. The van der Waals surface area contributed by atoms with E-state index in [9.17, 15) is 26.4 Å². The minimum atomic E-state index is -4.65. The van der Waals surface area contributed by atoms with Crippen molar-refractivity contribution in [2.24, 2.45) is 0 Å². The fourth-order valence-electron chi connectivity index (χ4n) is 1.71. The Kier molecular flexibility index (Phi) is 5.65. The lowest BCUT2D eigenvalue weighted by atomic mass is 10.3. The van der Waals surface area contributed by atoms with Crippen molar-refractivity contribution in [2.75, 3.05) is 11.9 Å². The molecule has 0 fully saturated rings. The molecule has 0 radical (unpaired) electrons. The van der Waals surface area contributed by atoms with Crippen LogP contribution in [0.15, 0.2) is 58.1 Å². The van der Waals surface area contributed by atoms with E-state index in [1.54, 1.807) is 12.1 Å². The normalized spacial score (nSPS) is 12.4. The van der Waals surface area contributed by atoms with Gasteiger partial charge in [-0.1, -0.05) is 0 Å². The Morgan fingerprint density at radius 2 is 1.84 bits per heavy atom. The summed E-state index contributed by atoms with van der Waals surface area (Å²) in [6.07, 6.45) is -0.547. The number of carbonyl (C=O) groups is 1. The average Bonchev–Trinajstić information content (AvgIpc) is 3.05. The summed E-state index contributed by atoms with van der Waals surface area (Å²) in [7, 11) is -4.29. The van der Waals surface area contributed by atoms with Gasteiger partial charge in [-0.25, -0.2) is 13.1 Å². The Labute approximate surface area is 141 Å². The van der Waals surface area contributed by atoms with Crippen molar-refractivity contribution in [2.45, 2.75) is 11.1 Å². The van der Waals surface area contributed by atoms with Crippen LogP contribution in [0.25, 0.3) is 6.08 Å². The molecular weight excluding hydrogens is 361 g/mol. The van der Waals surface area contributed by atoms with Gasteiger partial charge in [0.05, 0.1) is 11.2 Å².